The monoisotopic (exact) mass is 595 g/mol. The number of halogens is 2. The lowest BCUT2D eigenvalue weighted by Gasteiger charge is -2.41. The van der Waals surface area contributed by atoms with Crippen molar-refractivity contribution in [3.05, 3.63) is 47.2 Å². The number of hydrogen-bond acceptors (Lipinski definition) is 5. The Balaban J connectivity index is 1.49. The SMILES string of the molecule is CCn1nccc1C(=O)N[C@H](C(=O)Nc1cc(C(F)F)c(-c2c(C)n[nH]c2C)cn1)C(C1CCCCC1)C1CCCCC1. The lowest BCUT2D eigenvalue weighted by atomic mass is 9.66. The van der Waals surface area contributed by atoms with Crippen LogP contribution >= 0.6 is 0 Å². The van der Waals surface area contributed by atoms with E-state index in [0.717, 1.165) is 51.4 Å². The summed E-state index contributed by atoms with van der Waals surface area (Å²) < 4.78 is 30.3. The van der Waals surface area contributed by atoms with Crippen LogP contribution in [0, 0.1) is 31.6 Å². The molecule has 0 aliphatic heterocycles. The summed E-state index contributed by atoms with van der Waals surface area (Å²) in [4.78, 5) is 32.2. The van der Waals surface area contributed by atoms with Gasteiger partial charge in [0, 0.05) is 41.3 Å². The van der Waals surface area contributed by atoms with E-state index in [1.165, 1.54) is 25.1 Å². The predicted molar refractivity (Wildman–Crippen MR) is 161 cm³/mol. The van der Waals surface area contributed by atoms with Gasteiger partial charge in [-0.25, -0.2) is 13.8 Å². The van der Waals surface area contributed by atoms with E-state index in [4.69, 9.17) is 0 Å². The Bertz CT molecular complexity index is 1370. The molecule has 2 amide bonds. The van der Waals surface area contributed by atoms with Gasteiger partial charge in [-0.15, -0.1) is 0 Å². The summed E-state index contributed by atoms with van der Waals surface area (Å²) in [5, 5.41) is 17.1. The third-order valence-corrected chi connectivity index (χ3v) is 9.41. The molecule has 3 aromatic rings. The van der Waals surface area contributed by atoms with E-state index >= 15 is 0 Å². The second kappa shape index (κ2) is 13.8. The zero-order chi connectivity index (χ0) is 30.5. The Kier molecular flexibility index (Phi) is 9.87. The average molecular weight is 596 g/mol. The maximum absolute atomic E-state index is 14.3. The van der Waals surface area contributed by atoms with Crippen LogP contribution in [0.15, 0.2) is 24.5 Å². The number of H-pyrrole nitrogens is 1. The highest BCUT2D eigenvalue weighted by Gasteiger charge is 2.41. The molecule has 0 radical (unpaired) electrons. The molecule has 3 N–H and O–H groups in total. The van der Waals surface area contributed by atoms with E-state index in [-0.39, 0.29) is 28.8 Å². The minimum absolute atomic E-state index is 0.0340. The lowest BCUT2D eigenvalue weighted by Crippen LogP contribution is -2.53. The molecule has 0 spiro atoms. The van der Waals surface area contributed by atoms with Crippen LogP contribution in [0.4, 0.5) is 14.6 Å². The molecule has 11 heteroatoms. The van der Waals surface area contributed by atoms with Crippen LogP contribution in [0.2, 0.25) is 0 Å². The molecule has 0 aromatic carbocycles. The molecule has 0 unspecified atom stereocenters. The number of aromatic amines is 1. The molecule has 2 aliphatic carbocycles. The van der Waals surface area contributed by atoms with Gasteiger partial charge in [0.15, 0.2) is 0 Å². The van der Waals surface area contributed by atoms with Gasteiger partial charge >= 0.3 is 0 Å². The topological polar surface area (TPSA) is 118 Å². The second-order valence-corrected chi connectivity index (χ2v) is 12.1. The van der Waals surface area contributed by atoms with Crippen molar-refractivity contribution in [3.63, 3.8) is 0 Å². The number of amides is 2. The molecule has 9 nitrogen and oxygen atoms in total. The predicted octanol–water partition coefficient (Wildman–Crippen LogP) is 6.76. The Morgan fingerprint density at radius 3 is 2.26 bits per heavy atom. The van der Waals surface area contributed by atoms with E-state index in [1.54, 1.807) is 30.8 Å². The van der Waals surface area contributed by atoms with Gasteiger partial charge in [0.2, 0.25) is 5.91 Å². The molecule has 3 heterocycles. The molecule has 1 atom stereocenters. The first-order chi connectivity index (χ1) is 20.8. The summed E-state index contributed by atoms with van der Waals surface area (Å²) in [5.41, 5.74) is 2.26. The number of hydrogen-bond donors (Lipinski definition) is 3. The summed E-state index contributed by atoms with van der Waals surface area (Å²) in [5.74, 6) is -0.225. The number of rotatable bonds is 10. The van der Waals surface area contributed by atoms with E-state index < -0.39 is 18.4 Å². The fourth-order valence-electron chi connectivity index (χ4n) is 7.38. The van der Waals surface area contributed by atoms with Crippen LogP contribution in [-0.4, -0.2) is 42.8 Å². The lowest BCUT2D eigenvalue weighted by molar-refractivity contribution is -0.121. The van der Waals surface area contributed by atoms with Crippen LogP contribution in [0.1, 0.15) is 105 Å². The maximum Gasteiger partial charge on any atom is 0.270 e. The Morgan fingerprint density at radius 2 is 1.70 bits per heavy atom. The summed E-state index contributed by atoms with van der Waals surface area (Å²) in [6.07, 6.45) is 11.0. The molecular formula is C32H43F2N7O2. The fraction of sp³-hybridized carbons (Fsp3) is 0.594. The van der Waals surface area contributed by atoms with Gasteiger partial charge in [-0.1, -0.05) is 64.2 Å². The van der Waals surface area contributed by atoms with Crippen molar-refractivity contribution in [3.8, 4) is 11.1 Å². The number of anilines is 1. The average Bonchev–Trinajstić information content (AvgIpc) is 3.63. The van der Waals surface area contributed by atoms with Gasteiger partial charge in [-0.05, 0) is 50.7 Å². The fourth-order valence-corrected chi connectivity index (χ4v) is 7.38. The molecule has 232 valence electrons. The molecule has 2 fully saturated rings. The summed E-state index contributed by atoms with van der Waals surface area (Å²) in [6, 6.07) is 2.05. The number of aromatic nitrogens is 5. The van der Waals surface area contributed by atoms with Crippen molar-refractivity contribution in [2.24, 2.45) is 17.8 Å². The van der Waals surface area contributed by atoms with Gasteiger partial charge < -0.3 is 10.6 Å². The molecular weight excluding hydrogens is 552 g/mol. The van der Waals surface area contributed by atoms with Crippen LogP contribution in [-0.2, 0) is 11.3 Å². The van der Waals surface area contributed by atoms with Crippen molar-refractivity contribution in [1.29, 1.82) is 0 Å². The highest BCUT2D eigenvalue weighted by molar-refractivity contribution is 6.00. The Labute approximate surface area is 251 Å². The van der Waals surface area contributed by atoms with Gasteiger partial charge in [-0.2, -0.15) is 10.2 Å². The molecule has 0 bridgehead atoms. The first-order valence-electron chi connectivity index (χ1n) is 15.7. The van der Waals surface area contributed by atoms with Crippen molar-refractivity contribution in [2.45, 2.75) is 104 Å². The molecule has 2 aliphatic rings. The molecule has 43 heavy (non-hydrogen) atoms. The maximum atomic E-state index is 14.3. The first kappa shape index (κ1) is 30.8. The molecule has 3 aromatic heterocycles. The van der Waals surface area contributed by atoms with Crippen LogP contribution in [0.3, 0.4) is 0 Å². The third-order valence-electron chi connectivity index (χ3n) is 9.41. The zero-order valence-electron chi connectivity index (χ0n) is 25.3. The van der Waals surface area contributed by atoms with Crippen LogP contribution in [0.25, 0.3) is 11.1 Å². The number of alkyl halides is 2. The van der Waals surface area contributed by atoms with E-state index in [1.807, 2.05) is 6.92 Å². The van der Waals surface area contributed by atoms with Crippen molar-refractivity contribution < 1.29 is 18.4 Å². The van der Waals surface area contributed by atoms with Gasteiger partial charge in [0.1, 0.15) is 17.6 Å². The van der Waals surface area contributed by atoms with Crippen LogP contribution < -0.4 is 10.6 Å². The summed E-state index contributed by atoms with van der Waals surface area (Å²) in [6.45, 7) is 5.94. The number of carbonyl (C=O) groups excluding carboxylic acids is 2. The summed E-state index contributed by atoms with van der Waals surface area (Å²) >= 11 is 0. The van der Waals surface area contributed by atoms with E-state index in [0.29, 0.717) is 41.0 Å². The zero-order valence-corrected chi connectivity index (χ0v) is 25.3. The van der Waals surface area contributed by atoms with Crippen LogP contribution in [0.5, 0.6) is 0 Å². The first-order valence-corrected chi connectivity index (χ1v) is 15.7. The minimum Gasteiger partial charge on any atom is -0.339 e. The smallest absolute Gasteiger partial charge is 0.270 e. The van der Waals surface area contributed by atoms with Gasteiger partial charge in [0.25, 0.3) is 12.3 Å². The highest BCUT2D eigenvalue weighted by atomic mass is 19.3. The number of nitrogens with one attached hydrogen (secondary N) is 3. The molecule has 0 saturated heterocycles. The normalized spacial score (nSPS) is 17.4. The Morgan fingerprint density at radius 1 is 1.05 bits per heavy atom. The summed E-state index contributed by atoms with van der Waals surface area (Å²) in [7, 11) is 0. The third kappa shape index (κ3) is 6.80. The van der Waals surface area contributed by atoms with E-state index in [9.17, 15) is 18.4 Å². The number of nitrogens with zero attached hydrogens (tertiary/aromatic N) is 4. The van der Waals surface area contributed by atoms with Crippen molar-refractivity contribution >= 4 is 17.6 Å². The number of aryl methyl sites for hydroxylation is 3. The largest absolute Gasteiger partial charge is 0.339 e. The van der Waals surface area contributed by atoms with E-state index in [2.05, 4.69) is 30.9 Å². The number of pyridine rings is 1. The number of carbonyl (C=O) groups is 2. The highest BCUT2D eigenvalue weighted by Crippen LogP contribution is 2.42. The Hall–Kier alpha value is -3.63. The quantitative estimate of drug-likeness (QED) is 0.240. The van der Waals surface area contributed by atoms with Gasteiger partial charge in [-0.3, -0.25) is 19.4 Å². The standard InChI is InChI=1S/C32H43F2N7O2/c1-4-41-25(15-16-36-41)31(42)38-29(28(21-11-7-5-8-12-21)22-13-9-6-10-14-22)32(43)37-26-17-23(30(33)34)24(18-35-26)27-19(2)39-40-20(27)3/h15-18,21-22,28-30H,4-14H2,1-3H3,(H,38,42)(H,39,40)(H,35,37,43)/t29-/m0/s1. The van der Waals surface area contributed by atoms with Crippen molar-refractivity contribution in [2.75, 3.05) is 5.32 Å². The van der Waals surface area contributed by atoms with Gasteiger partial charge in [0.05, 0.1) is 5.69 Å². The molecule has 5 rings (SSSR count). The molecule has 2 saturated carbocycles. The minimum atomic E-state index is -2.79. The van der Waals surface area contributed by atoms with Crippen molar-refractivity contribution in [1.82, 2.24) is 30.3 Å². The second-order valence-electron chi connectivity index (χ2n) is 12.1.